The molecule has 82 valence electrons. The molecule has 0 aromatic rings. The zero-order chi connectivity index (χ0) is 10.6. The third-order valence-corrected chi connectivity index (χ3v) is 3.99. The Hall–Kier alpha value is -0.300. The van der Waals surface area contributed by atoms with Crippen LogP contribution in [0.25, 0.3) is 0 Å². The van der Waals surface area contributed by atoms with E-state index in [1.807, 2.05) is 0 Å². The SMILES string of the molecule is C=C(CC)CC(O)C1(CC)CCCC1. The molecule has 0 bridgehead atoms. The molecule has 1 rings (SSSR count). The largest absolute Gasteiger partial charge is 0.392 e. The van der Waals surface area contributed by atoms with Crippen LogP contribution in [0.5, 0.6) is 0 Å². The molecule has 1 nitrogen and oxygen atoms in total. The van der Waals surface area contributed by atoms with Crippen molar-refractivity contribution in [2.45, 2.75) is 64.9 Å². The fraction of sp³-hybridized carbons (Fsp3) is 0.846. The Morgan fingerprint density at radius 2 is 1.93 bits per heavy atom. The number of hydrogen-bond donors (Lipinski definition) is 1. The van der Waals surface area contributed by atoms with Gasteiger partial charge in [-0.15, -0.1) is 0 Å². The number of aliphatic hydroxyl groups excluding tert-OH is 1. The van der Waals surface area contributed by atoms with E-state index in [0.29, 0.717) is 0 Å². The predicted octanol–water partition coefficient (Wildman–Crippen LogP) is 3.67. The van der Waals surface area contributed by atoms with Gasteiger partial charge in [-0.25, -0.2) is 0 Å². The molecule has 1 N–H and O–H groups in total. The molecule has 1 aliphatic carbocycles. The second-order valence-corrected chi connectivity index (χ2v) is 4.75. The standard InChI is InChI=1S/C13H24O/c1-4-11(3)10-12(14)13(5-2)8-6-7-9-13/h12,14H,3-10H2,1-2H3. The summed E-state index contributed by atoms with van der Waals surface area (Å²) in [5.74, 6) is 0. The van der Waals surface area contributed by atoms with E-state index in [-0.39, 0.29) is 11.5 Å². The average Bonchev–Trinajstić information content (AvgIpc) is 2.67. The summed E-state index contributed by atoms with van der Waals surface area (Å²) in [6.45, 7) is 8.31. The van der Waals surface area contributed by atoms with Crippen molar-refractivity contribution in [2.24, 2.45) is 5.41 Å². The van der Waals surface area contributed by atoms with Gasteiger partial charge in [-0.2, -0.15) is 0 Å². The summed E-state index contributed by atoms with van der Waals surface area (Å²) < 4.78 is 0. The van der Waals surface area contributed by atoms with Crippen molar-refractivity contribution < 1.29 is 5.11 Å². The van der Waals surface area contributed by atoms with Gasteiger partial charge in [0.15, 0.2) is 0 Å². The van der Waals surface area contributed by atoms with Gasteiger partial charge in [0, 0.05) is 0 Å². The summed E-state index contributed by atoms with van der Waals surface area (Å²) in [7, 11) is 0. The maximum absolute atomic E-state index is 10.2. The molecule has 0 spiro atoms. The van der Waals surface area contributed by atoms with Crippen LogP contribution in [-0.2, 0) is 0 Å². The minimum Gasteiger partial charge on any atom is -0.392 e. The van der Waals surface area contributed by atoms with Crippen molar-refractivity contribution in [2.75, 3.05) is 0 Å². The molecule has 0 aromatic heterocycles. The van der Waals surface area contributed by atoms with Crippen molar-refractivity contribution in [3.63, 3.8) is 0 Å². The van der Waals surface area contributed by atoms with E-state index in [0.717, 1.165) is 19.3 Å². The van der Waals surface area contributed by atoms with Gasteiger partial charge in [0.05, 0.1) is 6.10 Å². The summed E-state index contributed by atoms with van der Waals surface area (Å²) in [4.78, 5) is 0. The monoisotopic (exact) mass is 196 g/mol. The minimum absolute atomic E-state index is 0.151. The number of hydrogen-bond acceptors (Lipinski definition) is 1. The van der Waals surface area contributed by atoms with Crippen molar-refractivity contribution in [3.8, 4) is 0 Å². The van der Waals surface area contributed by atoms with Gasteiger partial charge in [-0.3, -0.25) is 0 Å². The lowest BCUT2D eigenvalue weighted by atomic mass is 9.75. The highest BCUT2D eigenvalue weighted by Crippen LogP contribution is 2.45. The Labute approximate surface area is 88.2 Å². The smallest absolute Gasteiger partial charge is 0.0633 e. The molecule has 0 aromatic carbocycles. The lowest BCUT2D eigenvalue weighted by Gasteiger charge is -2.33. The minimum atomic E-state index is -0.151. The zero-order valence-electron chi connectivity index (χ0n) is 9.68. The third kappa shape index (κ3) is 2.38. The van der Waals surface area contributed by atoms with E-state index in [2.05, 4.69) is 20.4 Å². The second kappa shape index (κ2) is 4.97. The second-order valence-electron chi connectivity index (χ2n) is 4.75. The maximum Gasteiger partial charge on any atom is 0.0633 e. The Bertz CT molecular complexity index is 189. The predicted molar refractivity (Wildman–Crippen MR) is 61.2 cm³/mol. The average molecular weight is 196 g/mol. The highest BCUT2D eigenvalue weighted by molar-refractivity contribution is 5.00. The Kier molecular flexibility index (Phi) is 4.18. The molecule has 14 heavy (non-hydrogen) atoms. The molecule has 1 fully saturated rings. The van der Waals surface area contributed by atoms with Crippen molar-refractivity contribution in [1.29, 1.82) is 0 Å². The molecule has 0 radical (unpaired) electrons. The molecule has 1 aliphatic rings. The normalized spacial score (nSPS) is 22.2. The van der Waals surface area contributed by atoms with Gasteiger partial charge in [0.2, 0.25) is 0 Å². The molecule has 0 aliphatic heterocycles. The van der Waals surface area contributed by atoms with Gasteiger partial charge in [-0.1, -0.05) is 38.8 Å². The van der Waals surface area contributed by atoms with Crippen LogP contribution in [0.15, 0.2) is 12.2 Å². The van der Waals surface area contributed by atoms with E-state index in [1.54, 1.807) is 0 Å². The molecule has 0 amide bonds. The summed E-state index contributed by atoms with van der Waals surface area (Å²) in [6, 6.07) is 0. The summed E-state index contributed by atoms with van der Waals surface area (Å²) in [6.07, 6.45) is 7.78. The van der Waals surface area contributed by atoms with Gasteiger partial charge < -0.3 is 5.11 Å². The van der Waals surface area contributed by atoms with Crippen molar-refractivity contribution in [1.82, 2.24) is 0 Å². The van der Waals surface area contributed by atoms with Crippen LogP contribution in [-0.4, -0.2) is 11.2 Å². The zero-order valence-corrected chi connectivity index (χ0v) is 9.68. The van der Waals surface area contributed by atoms with Crippen molar-refractivity contribution in [3.05, 3.63) is 12.2 Å². The van der Waals surface area contributed by atoms with Crippen LogP contribution in [0.2, 0.25) is 0 Å². The first-order chi connectivity index (χ1) is 6.64. The van der Waals surface area contributed by atoms with Crippen LogP contribution in [0.4, 0.5) is 0 Å². The summed E-state index contributed by atoms with van der Waals surface area (Å²) in [5.41, 5.74) is 1.41. The van der Waals surface area contributed by atoms with E-state index >= 15 is 0 Å². The fourth-order valence-electron chi connectivity index (χ4n) is 2.64. The van der Waals surface area contributed by atoms with Gasteiger partial charge in [0.25, 0.3) is 0 Å². The van der Waals surface area contributed by atoms with Crippen LogP contribution in [0, 0.1) is 5.41 Å². The summed E-state index contributed by atoms with van der Waals surface area (Å²) in [5, 5.41) is 10.2. The van der Waals surface area contributed by atoms with Crippen molar-refractivity contribution >= 4 is 0 Å². The van der Waals surface area contributed by atoms with Crippen LogP contribution >= 0.6 is 0 Å². The van der Waals surface area contributed by atoms with Gasteiger partial charge >= 0.3 is 0 Å². The highest BCUT2D eigenvalue weighted by Gasteiger charge is 2.38. The molecule has 1 atom stereocenters. The first-order valence-corrected chi connectivity index (χ1v) is 5.99. The Morgan fingerprint density at radius 3 is 2.36 bits per heavy atom. The Balaban J connectivity index is 2.55. The number of aliphatic hydroxyl groups is 1. The van der Waals surface area contributed by atoms with Crippen LogP contribution in [0.3, 0.4) is 0 Å². The van der Waals surface area contributed by atoms with E-state index in [9.17, 15) is 5.11 Å². The van der Waals surface area contributed by atoms with E-state index in [4.69, 9.17) is 0 Å². The summed E-state index contributed by atoms with van der Waals surface area (Å²) >= 11 is 0. The molecule has 0 heterocycles. The number of rotatable bonds is 5. The van der Waals surface area contributed by atoms with Crippen LogP contribution < -0.4 is 0 Å². The topological polar surface area (TPSA) is 20.2 Å². The van der Waals surface area contributed by atoms with E-state index < -0.39 is 0 Å². The lowest BCUT2D eigenvalue weighted by Crippen LogP contribution is -2.32. The first kappa shape index (κ1) is 11.8. The quantitative estimate of drug-likeness (QED) is 0.665. The maximum atomic E-state index is 10.2. The third-order valence-electron chi connectivity index (χ3n) is 3.99. The molecule has 0 saturated heterocycles. The fourth-order valence-corrected chi connectivity index (χ4v) is 2.64. The first-order valence-electron chi connectivity index (χ1n) is 5.99. The molecule has 1 unspecified atom stereocenters. The molecule has 1 saturated carbocycles. The molecule has 1 heteroatoms. The van der Waals surface area contributed by atoms with Gasteiger partial charge in [-0.05, 0) is 37.5 Å². The van der Waals surface area contributed by atoms with E-state index in [1.165, 1.54) is 31.3 Å². The Morgan fingerprint density at radius 1 is 1.36 bits per heavy atom. The van der Waals surface area contributed by atoms with Gasteiger partial charge in [0.1, 0.15) is 0 Å². The highest BCUT2D eigenvalue weighted by atomic mass is 16.3. The lowest BCUT2D eigenvalue weighted by molar-refractivity contribution is 0.0254. The van der Waals surface area contributed by atoms with Crippen LogP contribution in [0.1, 0.15) is 58.8 Å². The molecular weight excluding hydrogens is 172 g/mol. The molecular formula is C13H24O.